The maximum Gasteiger partial charge on any atom is 0.160 e. The molecule has 1 rings (SSSR count). The Labute approximate surface area is 83.9 Å². The molecule has 1 heterocycles. The van der Waals surface area contributed by atoms with Gasteiger partial charge in [0.1, 0.15) is 0 Å². The molecule has 0 saturated heterocycles. The fourth-order valence-electron chi connectivity index (χ4n) is 1.15. The number of nitrogens with one attached hydrogen (secondary N) is 1. The molecule has 1 aromatic rings. The lowest BCUT2D eigenvalue weighted by molar-refractivity contribution is 0.292. The van der Waals surface area contributed by atoms with Crippen LogP contribution in [0.4, 0.5) is 5.69 Å². The van der Waals surface area contributed by atoms with Gasteiger partial charge in [-0.05, 0) is 19.4 Å². The Bertz CT molecular complexity index is 289. The zero-order valence-corrected chi connectivity index (χ0v) is 8.58. The highest BCUT2D eigenvalue weighted by Gasteiger charge is 2.02. The van der Waals surface area contributed by atoms with E-state index in [9.17, 15) is 0 Å². The molecule has 4 nitrogen and oxygen atoms in total. The molecule has 0 amide bonds. The van der Waals surface area contributed by atoms with Crippen molar-refractivity contribution in [2.24, 2.45) is 0 Å². The van der Waals surface area contributed by atoms with Crippen molar-refractivity contribution >= 4 is 5.69 Å². The predicted octanol–water partition coefficient (Wildman–Crippen LogP) is 1.19. The largest absolute Gasteiger partial charge is 0.493 e. The van der Waals surface area contributed by atoms with Gasteiger partial charge in [-0.3, -0.25) is 4.98 Å². The zero-order valence-electron chi connectivity index (χ0n) is 8.58. The Morgan fingerprint density at radius 1 is 1.57 bits per heavy atom. The monoisotopic (exact) mass is 196 g/mol. The molecule has 0 aromatic carbocycles. The van der Waals surface area contributed by atoms with E-state index >= 15 is 0 Å². The summed E-state index contributed by atoms with van der Waals surface area (Å²) in [5.41, 5.74) is 1.87. The molecule has 0 radical (unpaired) electrons. The third-order valence-corrected chi connectivity index (χ3v) is 1.87. The molecule has 0 fully saturated rings. The minimum atomic E-state index is 0.194. The van der Waals surface area contributed by atoms with Crippen LogP contribution in [0.3, 0.4) is 0 Å². The van der Waals surface area contributed by atoms with Crippen molar-refractivity contribution in [3.05, 3.63) is 18.0 Å². The number of ether oxygens (including phenoxy) is 1. The summed E-state index contributed by atoms with van der Waals surface area (Å²) in [6, 6.07) is 1.93. The van der Waals surface area contributed by atoms with E-state index in [-0.39, 0.29) is 6.61 Å². The molecule has 78 valence electrons. The van der Waals surface area contributed by atoms with Gasteiger partial charge in [-0.2, -0.15) is 0 Å². The molecule has 2 N–H and O–H groups in total. The van der Waals surface area contributed by atoms with Crippen molar-refractivity contribution in [3.8, 4) is 5.75 Å². The fourth-order valence-corrected chi connectivity index (χ4v) is 1.15. The number of aliphatic hydroxyl groups is 1. The summed E-state index contributed by atoms with van der Waals surface area (Å²) >= 11 is 0. The summed E-state index contributed by atoms with van der Waals surface area (Å²) in [7, 11) is 1.61. The van der Waals surface area contributed by atoms with Gasteiger partial charge in [-0.15, -0.1) is 0 Å². The molecule has 0 aliphatic rings. The first-order valence-electron chi connectivity index (χ1n) is 4.63. The third-order valence-electron chi connectivity index (χ3n) is 1.87. The SMILES string of the molecule is COc1cnc(C)cc1NCCCO. The van der Waals surface area contributed by atoms with Crippen LogP contribution in [0.1, 0.15) is 12.1 Å². The quantitative estimate of drug-likeness (QED) is 0.695. The maximum absolute atomic E-state index is 8.64. The van der Waals surface area contributed by atoms with Gasteiger partial charge in [0.05, 0.1) is 19.0 Å². The van der Waals surface area contributed by atoms with E-state index in [1.807, 2.05) is 13.0 Å². The van der Waals surface area contributed by atoms with E-state index in [0.29, 0.717) is 0 Å². The van der Waals surface area contributed by atoms with Crippen LogP contribution in [0.5, 0.6) is 5.75 Å². The first kappa shape index (κ1) is 10.8. The molecular weight excluding hydrogens is 180 g/mol. The van der Waals surface area contributed by atoms with Crippen LogP contribution >= 0.6 is 0 Å². The normalized spacial score (nSPS) is 9.93. The minimum Gasteiger partial charge on any atom is -0.493 e. The van der Waals surface area contributed by atoms with Crippen LogP contribution in [-0.4, -0.2) is 30.4 Å². The van der Waals surface area contributed by atoms with Crippen LogP contribution in [0.25, 0.3) is 0 Å². The Hall–Kier alpha value is -1.29. The zero-order chi connectivity index (χ0) is 10.4. The summed E-state index contributed by atoms with van der Waals surface area (Å²) < 4.78 is 5.14. The second-order valence-electron chi connectivity index (χ2n) is 3.03. The Morgan fingerprint density at radius 2 is 2.36 bits per heavy atom. The van der Waals surface area contributed by atoms with Crippen LogP contribution in [0.2, 0.25) is 0 Å². The smallest absolute Gasteiger partial charge is 0.160 e. The van der Waals surface area contributed by atoms with Crippen LogP contribution in [-0.2, 0) is 0 Å². The van der Waals surface area contributed by atoms with Gasteiger partial charge in [0.25, 0.3) is 0 Å². The van der Waals surface area contributed by atoms with Crippen LogP contribution in [0.15, 0.2) is 12.3 Å². The lowest BCUT2D eigenvalue weighted by Crippen LogP contribution is -2.05. The molecular formula is C10H16N2O2. The Kier molecular flexibility index (Phi) is 4.19. The van der Waals surface area contributed by atoms with Crippen LogP contribution in [0, 0.1) is 6.92 Å². The van der Waals surface area contributed by atoms with Gasteiger partial charge in [0.2, 0.25) is 0 Å². The lowest BCUT2D eigenvalue weighted by atomic mass is 10.3. The number of nitrogens with zero attached hydrogens (tertiary/aromatic N) is 1. The number of hydrogen-bond acceptors (Lipinski definition) is 4. The van der Waals surface area contributed by atoms with E-state index in [0.717, 1.165) is 30.1 Å². The summed E-state index contributed by atoms with van der Waals surface area (Å²) in [5, 5.41) is 11.8. The van der Waals surface area contributed by atoms with Gasteiger partial charge >= 0.3 is 0 Å². The van der Waals surface area contributed by atoms with Crippen molar-refractivity contribution in [1.29, 1.82) is 0 Å². The van der Waals surface area contributed by atoms with E-state index < -0.39 is 0 Å². The summed E-state index contributed by atoms with van der Waals surface area (Å²) in [6.45, 7) is 2.85. The number of hydrogen-bond donors (Lipinski definition) is 2. The second-order valence-corrected chi connectivity index (χ2v) is 3.03. The van der Waals surface area contributed by atoms with Gasteiger partial charge in [-0.1, -0.05) is 0 Å². The molecule has 14 heavy (non-hydrogen) atoms. The van der Waals surface area contributed by atoms with Crippen molar-refractivity contribution < 1.29 is 9.84 Å². The number of aryl methyl sites for hydroxylation is 1. The summed E-state index contributed by atoms with van der Waals surface area (Å²) in [4.78, 5) is 4.12. The maximum atomic E-state index is 8.64. The third kappa shape index (κ3) is 2.88. The Balaban J connectivity index is 2.67. The van der Waals surface area contributed by atoms with Crippen molar-refractivity contribution in [3.63, 3.8) is 0 Å². The molecule has 0 unspecified atom stereocenters. The lowest BCUT2D eigenvalue weighted by Gasteiger charge is -2.10. The number of rotatable bonds is 5. The average Bonchev–Trinajstić information content (AvgIpc) is 2.19. The molecule has 0 saturated carbocycles. The number of methoxy groups -OCH3 is 1. The Morgan fingerprint density at radius 3 is 3.00 bits per heavy atom. The highest BCUT2D eigenvalue weighted by Crippen LogP contribution is 2.23. The minimum absolute atomic E-state index is 0.194. The van der Waals surface area contributed by atoms with Crippen LogP contribution < -0.4 is 10.1 Å². The highest BCUT2D eigenvalue weighted by atomic mass is 16.5. The highest BCUT2D eigenvalue weighted by molar-refractivity contribution is 5.55. The number of aromatic nitrogens is 1. The fraction of sp³-hybridized carbons (Fsp3) is 0.500. The standard InChI is InChI=1S/C10H16N2O2/c1-8-6-9(11-4-3-5-13)10(14-2)7-12-8/h6-7,13H,3-5H2,1-2H3,(H,11,12). The van der Waals surface area contributed by atoms with E-state index in [4.69, 9.17) is 9.84 Å². The molecule has 0 aliphatic carbocycles. The van der Waals surface area contributed by atoms with E-state index in [2.05, 4.69) is 10.3 Å². The first-order chi connectivity index (χ1) is 6.77. The average molecular weight is 196 g/mol. The topological polar surface area (TPSA) is 54.4 Å². The van der Waals surface area contributed by atoms with Crippen molar-refractivity contribution in [2.45, 2.75) is 13.3 Å². The predicted molar refractivity (Wildman–Crippen MR) is 55.7 cm³/mol. The van der Waals surface area contributed by atoms with E-state index in [1.165, 1.54) is 0 Å². The van der Waals surface area contributed by atoms with Crippen molar-refractivity contribution in [2.75, 3.05) is 25.6 Å². The number of pyridine rings is 1. The van der Waals surface area contributed by atoms with Gasteiger partial charge in [-0.25, -0.2) is 0 Å². The van der Waals surface area contributed by atoms with Gasteiger partial charge < -0.3 is 15.2 Å². The van der Waals surface area contributed by atoms with Gasteiger partial charge in [0, 0.05) is 18.8 Å². The molecule has 4 heteroatoms. The molecule has 0 bridgehead atoms. The van der Waals surface area contributed by atoms with Crippen molar-refractivity contribution in [1.82, 2.24) is 4.98 Å². The van der Waals surface area contributed by atoms with E-state index in [1.54, 1.807) is 13.3 Å². The first-order valence-corrected chi connectivity index (χ1v) is 4.63. The molecule has 1 aromatic heterocycles. The number of anilines is 1. The molecule has 0 aliphatic heterocycles. The van der Waals surface area contributed by atoms with Gasteiger partial charge in [0.15, 0.2) is 5.75 Å². The summed E-state index contributed by atoms with van der Waals surface area (Å²) in [5.74, 6) is 0.730. The summed E-state index contributed by atoms with van der Waals surface area (Å²) in [6.07, 6.45) is 2.42. The second kappa shape index (κ2) is 5.44. The molecule has 0 spiro atoms. The number of aliphatic hydroxyl groups excluding tert-OH is 1. The molecule has 0 atom stereocenters.